The van der Waals surface area contributed by atoms with Gasteiger partial charge in [0.1, 0.15) is 0 Å². The number of aryl methyl sites for hydroxylation is 1. The zero-order valence-electron chi connectivity index (χ0n) is 14.4. The van der Waals surface area contributed by atoms with Gasteiger partial charge in [0.15, 0.2) is 0 Å². The molecule has 1 aliphatic rings. The molecule has 21 heavy (non-hydrogen) atoms. The Hall–Kier alpha value is -0.860. The van der Waals surface area contributed by atoms with Crippen LogP contribution in [-0.4, -0.2) is 30.6 Å². The van der Waals surface area contributed by atoms with Gasteiger partial charge in [0, 0.05) is 18.6 Å². The molecule has 0 amide bonds. The van der Waals surface area contributed by atoms with Gasteiger partial charge in [-0.05, 0) is 56.3 Å². The predicted octanol–water partition coefficient (Wildman–Crippen LogP) is 3.84. The lowest BCUT2D eigenvalue weighted by molar-refractivity contribution is 0.0760. The number of nitrogens with zero attached hydrogens (tertiary/aromatic N) is 1. The van der Waals surface area contributed by atoms with Gasteiger partial charge in [0.05, 0.1) is 0 Å². The minimum atomic E-state index is 0.628. The third kappa shape index (κ3) is 4.08. The van der Waals surface area contributed by atoms with Crippen LogP contribution in [0.5, 0.6) is 0 Å². The maximum atomic E-state index is 3.74. The summed E-state index contributed by atoms with van der Waals surface area (Å²) in [6.07, 6.45) is 2.66. The summed E-state index contributed by atoms with van der Waals surface area (Å²) in [5, 5.41) is 3.74. The fourth-order valence-corrected chi connectivity index (χ4v) is 4.21. The molecule has 0 bridgehead atoms. The summed E-state index contributed by atoms with van der Waals surface area (Å²) in [5.41, 5.74) is 2.86. The second-order valence-corrected chi connectivity index (χ2v) is 7.05. The molecule has 1 saturated carbocycles. The van der Waals surface area contributed by atoms with Gasteiger partial charge in [-0.3, -0.25) is 4.90 Å². The van der Waals surface area contributed by atoms with E-state index in [0.29, 0.717) is 12.1 Å². The van der Waals surface area contributed by atoms with Crippen LogP contribution in [0.3, 0.4) is 0 Å². The summed E-state index contributed by atoms with van der Waals surface area (Å²) in [6, 6.07) is 10.0. The molecular formula is C19H32N2. The Labute approximate surface area is 130 Å². The maximum absolute atomic E-state index is 3.74. The Balaban J connectivity index is 2.11. The highest BCUT2D eigenvalue weighted by molar-refractivity contribution is 5.25. The van der Waals surface area contributed by atoms with Crippen LogP contribution in [0.2, 0.25) is 0 Å². The molecule has 0 aliphatic heterocycles. The van der Waals surface area contributed by atoms with Crippen molar-refractivity contribution in [3.63, 3.8) is 0 Å². The molecule has 0 radical (unpaired) electrons. The van der Waals surface area contributed by atoms with Crippen molar-refractivity contribution in [1.82, 2.24) is 10.2 Å². The molecule has 1 fully saturated rings. The smallest absolute Gasteiger partial charge is 0.0275 e. The molecule has 2 heteroatoms. The SMILES string of the molecule is CCNC1CC(C)CC(C)C1N(C)Cc1ccccc1C. The van der Waals surface area contributed by atoms with Crippen LogP contribution in [0.15, 0.2) is 24.3 Å². The third-order valence-corrected chi connectivity index (χ3v) is 5.08. The molecule has 0 spiro atoms. The molecule has 1 aromatic rings. The Morgan fingerprint density at radius 3 is 2.57 bits per heavy atom. The lowest BCUT2D eigenvalue weighted by Gasteiger charge is -2.45. The largest absolute Gasteiger partial charge is 0.313 e. The molecule has 0 saturated heterocycles. The van der Waals surface area contributed by atoms with E-state index < -0.39 is 0 Å². The summed E-state index contributed by atoms with van der Waals surface area (Å²) >= 11 is 0. The lowest BCUT2D eigenvalue weighted by atomic mass is 9.76. The van der Waals surface area contributed by atoms with Crippen molar-refractivity contribution in [2.75, 3.05) is 13.6 Å². The van der Waals surface area contributed by atoms with Crippen LogP contribution < -0.4 is 5.32 Å². The van der Waals surface area contributed by atoms with Gasteiger partial charge < -0.3 is 5.32 Å². The van der Waals surface area contributed by atoms with E-state index in [1.54, 1.807) is 0 Å². The number of likely N-dealkylation sites (N-methyl/N-ethyl adjacent to an activating group) is 2. The first kappa shape index (κ1) is 16.5. The molecule has 118 valence electrons. The monoisotopic (exact) mass is 288 g/mol. The second kappa shape index (κ2) is 7.42. The summed E-state index contributed by atoms with van der Waals surface area (Å²) in [4.78, 5) is 2.58. The first-order valence-corrected chi connectivity index (χ1v) is 8.51. The highest BCUT2D eigenvalue weighted by Gasteiger charge is 2.35. The fraction of sp³-hybridized carbons (Fsp3) is 0.684. The van der Waals surface area contributed by atoms with Crippen molar-refractivity contribution < 1.29 is 0 Å². The summed E-state index contributed by atoms with van der Waals surface area (Å²) in [7, 11) is 2.30. The normalized spacial score (nSPS) is 29.8. The van der Waals surface area contributed by atoms with Crippen LogP contribution in [-0.2, 0) is 6.54 Å². The molecule has 4 atom stereocenters. The van der Waals surface area contributed by atoms with E-state index >= 15 is 0 Å². The summed E-state index contributed by atoms with van der Waals surface area (Å²) in [6.45, 7) is 11.4. The van der Waals surface area contributed by atoms with Crippen LogP contribution >= 0.6 is 0 Å². The van der Waals surface area contributed by atoms with E-state index in [0.717, 1.165) is 24.9 Å². The zero-order chi connectivity index (χ0) is 15.4. The van der Waals surface area contributed by atoms with Gasteiger partial charge >= 0.3 is 0 Å². The topological polar surface area (TPSA) is 15.3 Å². The maximum Gasteiger partial charge on any atom is 0.0275 e. The van der Waals surface area contributed by atoms with Crippen LogP contribution in [0.25, 0.3) is 0 Å². The Morgan fingerprint density at radius 1 is 1.19 bits per heavy atom. The van der Waals surface area contributed by atoms with Gasteiger partial charge in [-0.2, -0.15) is 0 Å². The average molecular weight is 288 g/mol. The molecule has 1 aliphatic carbocycles. The first-order valence-electron chi connectivity index (χ1n) is 8.51. The quantitative estimate of drug-likeness (QED) is 0.885. The van der Waals surface area contributed by atoms with Crippen molar-refractivity contribution in [2.24, 2.45) is 11.8 Å². The van der Waals surface area contributed by atoms with Crippen LogP contribution in [0.1, 0.15) is 44.7 Å². The molecule has 0 aromatic heterocycles. The molecule has 1 N–H and O–H groups in total. The highest BCUT2D eigenvalue weighted by Crippen LogP contribution is 2.32. The minimum Gasteiger partial charge on any atom is -0.313 e. The molecule has 2 nitrogen and oxygen atoms in total. The highest BCUT2D eigenvalue weighted by atomic mass is 15.2. The van der Waals surface area contributed by atoms with E-state index in [2.05, 4.69) is 69.2 Å². The number of rotatable bonds is 5. The van der Waals surface area contributed by atoms with Gasteiger partial charge in [-0.15, -0.1) is 0 Å². The standard InChI is InChI=1S/C19H32N2/c1-6-20-18-12-14(2)11-16(4)19(18)21(5)13-17-10-8-7-9-15(17)3/h7-10,14,16,18-20H,6,11-13H2,1-5H3. The van der Waals surface area contributed by atoms with Crippen molar-refractivity contribution >= 4 is 0 Å². The number of benzene rings is 1. The molecule has 2 rings (SSSR count). The Bertz CT molecular complexity index is 443. The fourth-order valence-electron chi connectivity index (χ4n) is 4.21. The average Bonchev–Trinajstić information content (AvgIpc) is 2.41. The molecule has 0 heterocycles. The second-order valence-electron chi connectivity index (χ2n) is 7.05. The van der Waals surface area contributed by atoms with E-state index in [1.807, 2.05) is 0 Å². The zero-order valence-corrected chi connectivity index (χ0v) is 14.4. The van der Waals surface area contributed by atoms with Crippen molar-refractivity contribution in [2.45, 2.75) is 59.2 Å². The summed E-state index contributed by atoms with van der Waals surface area (Å²) in [5.74, 6) is 1.60. The lowest BCUT2D eigenvalue weighted by Crippen LogP contribution is -2.55. The van der Waals surface area contributed by atoms with E-state index in [4.69, 9.17) is 0 Å². The van der Waals surface area contributed by atoms with Crippen molar-refractivity contribution in [3.05, 3.63) is 35.4 Å². The molecule has 1 aromatic carbocycles. The van der Waals surface area contributed by atoms with E-state index in [1.165, 1.54) is 24.0 Å². The van der Waals surface area contributed by atoms with Gasteiger partial charge in [-0.1, -0.05) is 45.0 Å². The van der Waals surface area contributed by atoms with Gasteiger partial charge in [0.2, 0.25) is 0 Å². The molecule has 4 unspecified atom stereocenters. The van der Waals surface area contributed by atoms with Crippen LogP contribution in [0, 0.1) is 18.8 Å². The van der Waals surface area contributed by atoms with Crippen molar-refractivity contribution in [3.8, 4) is 0 Å². The third-order valence-electron chi connectivity index (χ3n) is 5.08. The van der Waals surface area contributed by atoms with Crippen LogP contribution in [0.4, 0.5) is 0 Å². The Kier molecular flexibility index (Phi) is 5.83. The minimum absolute atomic E-state index is 0.628. The summed E-state index contributed by atoms with van der Waals surface area (Å²) < 4.78 is 0. The van der Waals surface area contributed by atoms with Gasteiger partial charge in [-0.25, -0.2) is 0 Å². The Morgan fingerprint density at radius 2 is 1.90 bits per heavy atom. The number of hydrogen-bond donors (Lipinski definition) is 1. The van der Waals surface area contributed by atoms with E-state index in [-0.39, 0.29) is 0 Å². The predicted molar refractivity (Wildman–Crippen MR) is 91.5 cm³/mol. The first-order chi connectivity index (χ1) is 10.0. The molecular weight excluding hydrogens is 256 g/mol. The van der Waals surface area contributed by atoms with Gasteiger partial charge in [0.25, 0.3) is 0 Å². The number of nitrogens with one attached hydrogen (secondary N) is 1. The van der Waals surface area contributed by atoms with Crippen molar-refractivity contribution in [1.29, 1.82) is 0 Å². The van der Waals surface area contributed by atoms with E-state index in [9.17, 15) is 0 Å². The number of hydrogen-bond acceptors (Lipinski definition) is 2.